The third-order valence-corrected chi connectivity index (χ3v) is 4.68. The molecule has 0 radical (unpaired) electrons. The Labute approximate surface area is 129 Å². The quantitative estimate of drug-likeness (QED) is 0.639. The number of thiocarbonyl (C=S) groups is 1. The molecule has 1 N–H and O–H groups in total. The van der Waals surface area contributed by atoms with Crippen LogP contribution < -0.4 is 0 Å². The van der Waals surface area contributed by atoms with Crippen LogP contribution in [-0.4, -0.2) is 15.6 Å². The molecule has 0 aliphatic heterocycles. The maximum absolute atomic E-state index is 11.0. The number of hydrogen-bond donors (Lipinski definition) is 1. The van der Waals surface area contributed by atoms with Crippen LogP contribution in [0.25, 0.3) is 10.8 Å². The van der Waals surface area contributed by atoms with Gasteiger partial charge in [-0.1, -0.05) is 54.7 Å². The van der Waals surface area contributed by atoms with Crippen LogP contribution in [0.2, 0.25) is 0 Å². The van der Waals surface area contributed by atoms with Crippen molar-refractivity contribution >= 4 is 38.9 Å². The Balaban J connectivity index is 2.44. The first-order valence-electron chi connectivity index (χ1n) is 6.48. The Morgan fingerprint density at radius 2 is 2.00 bits per heavy atom. The summed E-state index contributed by atoms with van der Waals surface area (Å²) in [6, 6.07) is 14.2. The van der Waals surface area contributed by atoms with E-state index in [0.717, 1.165) is 15.1 Å². The van der Waals surface area contributed by atoms with E-state index < -0.39 is 5.60 Å². The third-order valence-electron chi connectivity index (χ3n) is 3.43. The molecule has 0 spiro atoms. The second-order valence-corrected chi connectivity index (χ2v) is 6.49. The lowest BCUT2D eigenvalue weighted by Crippen LogP contribution is -2.27. The highest BCUT2D eigenvalue weighted by molar-refractivity contribution is 8.22. The minimum absolute atomic E-state index is 0.466. The van der Waals surface area contributed by atoms with E-state index in [1.807, 2.05) is 36.6 Å². The van der Waals surface area contributed by atoms with Gasteiger partial charge in [0.05, 0.1) is 9.80 Å². The van der Waals surface area contributed by atoms with Crippen LogP contribution in [0.5, 0.6) is 0 Å². The molecule has 0 bridgehead atoms. The van der Waals surface area contributed by atoms with Crippen molar-refractivity contribution in [3.8, 4) is 0 Å². The van der Waals surface area contributed by atoms with E-state index >= 15 is 0 Å². The molecule has 0 heterocycles. The molecule has 1 atom stereocenters. The first kappa shape index (κ1) is 15.2. The summed E-state index contributed by atoms with van der Waals surface area (Å²) in [6.45, 7) is 3.76. The molecular weight excluding hydrogens is 284 g/mol. The smallest absolute Gasteiger partial charge is 0.0984 e. The highest BCUT2D eigenvalue weighted by atomic mass is 32.2. The standard InChI is InChI=1S/C17H18OS2/c1-3-10-17(18,12-16(19)20-2)15-9-8-13-6-4-5-7-14(13)11-15/h3-9,11,18H,1,10,12H2,2H3. The lowest BCUT2D eigenvalue weighted by molar-refractivity contribution is 0.0489. The molecule has 0 aromatic heterocycles. The molecule has 0 amide bonds. The van der Waals surface area contributed by atoms with Gasteiger partial charge < -0.3 is 5.11 Å². The van der Waals surface area contributed by atoms with Gasteiger partial charge in [0.2, 0.25) is 0 Å². The molecular formula is C17H18OS2. The number of aliphatic hydroxyl groups is 1. The van der Waals surface area contributed by atoms with Crippen LogP contribution in [0.3, 0.4) is 0 Å². The van der Waals surface area contributed by atoms with Crippen molar-refractivity contribution in [2.24, 2.45) is 0 Å². The van der Waals surface area contributed by atoms with Gasteiger partial charge in [-0.3, -0.25) is 0 Å². The predicted molar refractivity (Wildman–Crippen MR) is 93.4 cm³/mol. The number of thioether (sulfide) groups is 1. The predicted octanol–water partition coefficient (Wildman–Crippen LogP) is 4.68. The highest BCUT2D eigenvalue weighted by Crippen LogP contribution is 2.33. The van der Waals surface area contributed by atoms with Gasteiger partial charge in [-0.2, -0.15) is 0 Å². The molecule has 0 fully saturated rings. The molecule has 1 nitrogen and oxygen atoms in total. The average Bonchev–Trinajstić information content (AvgIpc) is 2.46. The van der Waals surface area contributed by atoms with Crippen molar-refractivity contribution in [3.63, 3.8) is 0 Å². The normalized spacial score (nSPS) is 13.9. The molecule has 2 aromatic carbocycles. The van der Waals surface area contributed by atoms with Gasteiger partial charge in [-0.25, -0.2) is 0 Å². The fraction of sp³-hybridized carbons (Fsp3) is 0.235. The minimum Gasteiger partial charge on any atom is -0.384 e. The maximum atomic E-state index is 11.0. The Morgan fingerprint density at radius 3 is 2.65 bits per heavy atom. The molecule has 104 valence electrons. The van der Waals surface area contributed by atoms with Crippen molar-refractivity contribution < 1.29 is 5.11 Å². The second-order valence-electron chi connectivity index (χ2n) is 4.84. The molecule has 0 aliphatic rings. The molecule has 2 aromatic rings. The third kappa shape index (κ3) is 3.29. The molecule has 0 saturated heterocycles. The summed E-state index contributed by atoms with van der Waals surface area (Å²) >= 11 is 6.80. The Bertz CT molecular complexity index is 636. The summed E-state index contributed by atoms with van der Waals surface area (Å²) in [7, 11) is 0. The van der Waals surface area contributed by atoms with Gasteiger partial charge in [-0.15, -0.1) is 18.3 Å². The molecule has 3 heteroatoms. The van der Waals surface area contributed by atoms with E-state index in [-0.39, 0.29) is 0 Å². The first-order valence-corrected chi connectivity index (χ1v) is 8.12. The van der Waals surface area contributed by atoms with Crippen molar-refractivity contribution in [2.75, 3.05) is 6.26 Å². The fourth-order valence-electron chi connectivity index (χ4n) is 2.32. The van der Waals surface area contributed by atoms with E-state index in [4.69, 9.17) is 12.2 Å². The van der Waals surface area contributed by atoms with Crippen LogP contribution in [0.15, 0.2) is 55.1 Å². The van der Waals surface area contributed by atoms with Crippen molar-refractivity contribution in [2.45, 2.75) is 18.4 Å². The Kier molecular flexibility index (Phi) is 4.97. The lowest BCUT2D eigenvalue weighted by Gasteiger charge is -2.28. The lowest BCUT2D eigenvalue weighted by atomic mass is 9.86. The average molecular weight is 302 g/mol. The first-order chi connectivity index (χ1) is 9.59. The van der Waals surface area contributed by atoms with Gasteiger partial charge in [0.15, 0.2) is 0 Å². The molecule has 2 rings (SSSR count). The number of benzene rings is 2. The van der Waals surface area contributed by atoms with E-state index in [1.165, 1.54) is 17.1 Å². The zero-order valence-electron chi connectivity index (χ0n) is 11.5. The summed E-state index contributed by atoms with van der Waals surface area (Å²) < 4.78 is 0.808. The van der Waals surface area contributed by atoms with Crippen molar-refractivity contribution in [3.05, 3.63) is 60.7 Å². The Hall–Kier alpha value is -1.16. The Morgan fingerprint density at radius 1 is 1.30 bits per heavy atom. The fourth-order valence-corrected chi connectivity index (χ4v) is 2.94. The van der Waals surface area contributed by atoms with Gasteiger partial charge in [0.25, 0.3) is 0 Å². The van der Waals surface area contributed by atoms with Gasteiger partial charge in [0.1, 0.15) is 0 Å². The summed E-state index contributed by atoms with van der Waals surface area (Å²) in [4.78, 5) is 0. The number of hydrogen-bond acceptors (Lipinski definition) is 3. The topological polar surface area (TPSA) is 20.2 Å². The summed E-state index contributed by atoms with van der Waals surface area (Å²) in [5.74, 6) is 0. The van der Waals surface area contributed by atoms with Gasteiger partial charge >= 0.3 is 0 Å². The van der Waals surface area contributed by atoms with Crippen LogP contribution in [0, 0.1) is 0 Å². The number of rotatable bonds is 5. The van der Waals surface area contributed by atoms with Gasteiger partial charge in [-0.05, 0) is 35.1 Å². The van der Waals surface area contributed by atoms with Crippen LogP contribution in [-0.2, 0) is 5.60 Å². The summed E-state index contributed by atoms with van der Waals surface area (Å²) in [5, 5.41) is 13.3. The highest BCUT2D eigenvalue weighted by Gasteiger charge is 2.29. The van der Waals surface area contributed by atoms with E-state index in [1.54, 1.807) is 6.08 Å². The molecule has 20 heavy (non-hydrogen) atoms. The van der Waals surface area contributed by atoms with Crippen LogP contribution >= 0.6 is 24.0 Å². The van der Waals surface area contributed by atoms with Crippen LogP contribution in [0.4, 0.5) is 0 Å². The minimum atomic E-state index is -0.966. The van der Waals surface area contributed by atoms with E-state index in [2.05, 4.69) is 18.7 Å². The van der Waals surface area contributed by atoms with E-state index in [9.17, 15) is 5.11 Å². The van der Waals surface area contributed by atoms with E-state index in [0.29, 0.717) is 12.8 Å². The van der Waals surface area contributed by atoms with Crippen LogP contribution in [0.1, 0.15) is 18.4 Å². The monoisotopic (exact) mass is 302 g/mol. The molecule has 0 saturated carbocycles. The molecule has 0 aliphatic carbocycles. The second kappa shape index (κ2) is 6.53. The molecule has 1 unspecified atom stereocenters. The largest absolute Gasteiger partial charge is 0.384 e. The summed E-state index contributed by atoms with van der Waals surface area (Å²) in [5.41, 5.74) is -0.0706. The maximum Gasteiger partial charge on any atom is 0.0984 e. The zero-order valence-corrected chi connectivity index (χ0v) is 13.1. The van der Waals surface area contributed by atoms with Gasteiger partial charge in [0, 0.05) is 6.42 Å². The number of fused-ring (bicyclic) bond motifs is 1. The SMILES string of the molecule is C=CCC(O)(CC(=S)SC)c1ccc2ccccc2c1. The van der Waals surface area contributed by atoms with Crippen molar-refractivity contribution in [1.82, 2.24) is 0 Å². The zero-order chi connectivity index (χ0) is 14.6. The summed E-state index contributed by atoms with van der Waals surface area (Å²) in [6.07, 6.45) is 4.65. The van der Waals surface area contributed by atoms with Crippen molar-refractivity contribution in [1.29, 1.82) is 0 Å².